The van der Waals surface area contributed by atoms with E-state index in [9.17, 15) is 4.79 Å². The molecule has 1 spiro atoms. The van der Waals surface area contributed by atoms with Gasteiger partial charge in [0, 0.05) is 12.5 Å². The third-order valence-corrected chi connectivity index (χ3v) is 6.05. The van der Waals surface area contributed by atoms with Crippen LogP contribution in [0.2, 0.25) is 0 Å². The highest BCUT2D eigenvalue weighted by Gasteiger charge is 2.50. The van der Waals surface area contributed by atoms with Crippen LogP contribution in [0.3, 0.4) is 0 Å². The molecule has 1 unspecified atom stereocenters. The summed E-state index contributed by atoms with van der Waals surface area (Å²) in [5.74, 6) is 1.45. The molecule has 0 aromatic heterocycles. The molecule has 4 atom stereocenters. The van der Waals surface area contributed by atoms with Gasteiger partial charge >= 0.3 is 5.97 Å². The number of esters is 1. The van der Waals surface area contributed by atoms with Gasteiger partial charge in [-0.1, -0.05) is 6.42 Å². The molecule has 2 bridgehead atoms. The number of hydrogen-bond acceptors (Lipinski definition) is 6. The van der Waals surface area contributed by atoms with Gasteiger partial charge in [0.05, 0.1) is 6.61 Å². The number of nitrogens with one attached hydrogen (secondary N) is 1. The topological polar surface area (TPSA) is 59.9 Å². The maximum absolute atomic E-state index is 11.8. The second-order valence-corrected chi connectivity index (χ2v) is 7.15. The summed E-state index contributed by atoms with van der Waals surface area (Å²) >= 11 is 1.41. The predicted molar refractivity (Wildman–Crippen MR) is 71.7 cm³/mol. The first kappa shape index (κ1) is 12.0. The number of aliphatic imine (C=N–C) groups is 1. The van der Waals surface area contributed by atoms with Gasteiger partial charge in [0.2, 0.25) is 4.93 Å². The molecule has 1 saturated heterocycles. The zero-order valence-corrected chi connectivity index (χ0v) is 11.6. The van der Waals surface area contributed by atoms with Gasteiger partial charge in [-0.05, 0) is 42.9 Å². The molecule has 2 aliphatic carbocycles. The van der Waals surface area contributed by atoms with E-state index in [-0.39, 0.29) is 12.7 Å². The Morgan fingerprint density at radius 2 is 2.32 bits per heavy atom. The summed E-state index contributed by atoms with van der Waals surface area (Å²) in [4.78, 5) is 15.3. The second kappa shape index (κ2) is 4.38. The lowest BCUT2D eigenvalue weighted by atomic mass is 9.96. The summed E-state index contributed by atoms with van der Waals surface area (Å²) < 4.78 is 10.6. The van der Waals surface area contributed by atoms with Crippen LogP contribution in [0.15, 0.2) is 4.99 Å². The van der Waals surface area contributed by atoms with Crippen molar-refractivity contribution in [3.05, 3.63) is 0 Å². The van der Waals surface area contributed by atoms with E-state index in [0.29, 0.717) is 19.1 Å². The molecular weight excluding hydrogens is 264 g/mol. The minimum Gasteiger partial charge on any atom is -0.463 e. The quantitative estimate of drug-likeness (QED) is 0.738. The number of ether oxygens (including phenoxy) is 2. The summed E-state index contributed by atoms with van der Waals surface area (Å²) in [6, 6.07) is 0.539. The van der Waals surface area contributed by atoms with E-state index >= 15 is 0 Å². The zero-order valence-electron chi connectivity index (χ0n) is 10.8. The summed E-state index contributed by atoms with van der Waals surface area (Å²) in [7, 11) is 0. The SMILES string of the molecule is O=C1OCCC12OCN=C(N[C@H]1C[C@@H]3CC[C@H]1C3)S2. The normalized spacial score (nSPS) is 44.5. The Morgan fingerprint density at radius 3 is 3.00 bits per heavy atom. The largest absolute Gasteiger partial charge is 0.463 e. The van der Waals surface area contributed by atoms with Crippen molar-refractivity contribution in [1.82, 2.24) is 5.32 Å². The predicted octanol–water partition coefficient (Wildman–Crippen LogP) is 1.48. The van der Waals surface area contributed by atoms with Gasteiger partial charge < -0.3 is 14.8 Å². The van der Waals surface area contributed by atoms with E-state index in [2.05, 4.69) is 10.3 Å². The Labute approximate surface area is 116 Å². The number of amidine groups is 1. The average molecular weight is 282 g/mol. The smallest absolute Gasteiger partial charge is 0.349 e. The Bertz CT molecular complexity index is 442. The van der Waals surface area contributed by atoms with Crippen molar-refractivity contribution in [1.29, 1.82) is 0 Å². The third-order valence-electron chi connectivity index (χ3n) is 4.79. The van der Waals surface area contributed by atoms with Crippen molar-refractivity contribution in [3.8, 4) is 0 Å². The molecule has 0 aromatic carbocycles. The summed E-state index contributed by atoms with van der Waals surface area (Å²) in [6.45, 7) is 0.707. The van der Waals surface area contributed by atoms with Gasteiger partial charge in [-0.2, -0.15) is 0 Å². The molecule has 0 radical (unpaired) electrons. The van der Waals surface area contributed by atoms with Crippen molar-refractivity contribution in [3.63, 3.8) is 0 Å². The fraction of sp³-hybridized carbons (Fsp3) is 0.846. The molecule has 0 aromatic rings. The van der Waals surface area contributed by atoms with Gasteiger partial charge in [0.25, 0.3) is 0 Å². The monoisotopic (exact) mass is 282 g/mol. The second-order valence-electron chi connectivity index (χ2n) is 5.90. The maximum atomic E-state index is 11.8. The van der Waals surface area contributed by atoms with E-state index < -0.39 is 4.93 Å². The lowest BCUT2D eigenvalue weighted by Gasteiger charge is -2.31. The van der Waals surface area contributed by atoms with Crippen LogP contribution >= 0.6 is 11.8 Å². The highest BCUT2D eigenvalue weighted by molar-refractivity contribution is 8.15. The van der Waals surface area contributed by atoms with Crippen LogP contribution in [-0.2, 0) is 14.3 Å². The Balaban J connectivity index is 1.44. The van der Waals surface area contributed by atoms with Crippen molar-refractivity contribution in [2.45, 2.75) is 43.1 Å². The van der Waals surface area contributed by atoms with Gasteiger partial charge in [0.15, 0.2) is 5.17 Å². The van der Waals surface area contributed by atoms with E-state index in [1.807, 2.05) is 0 Å². The molecule has 4 rings (SSSR count). The highest BCUT2D eigenvalue weighted by Crippen LogP contribution is 2.45. The Kier molecular flexibility index (Phi) is 2.77. The molecule has 2 aliphatic heterocycles. The van der Waals surface area contributed by atoms with Crippen LogP contribution < -0.4 is 5.32 Å². The standard InChI is InChI=1S/C13H18N2O3S/c16-11-13(3-4-17-11)18-7-14-12(19-13)15-10-6-8-1-2-9(10)5-8/h8-10H,1-7H2,(H,14,15)/t8-,9+,10+,13?/m1/s1. The van der Waals surface area contributed by atoms with Crippen molar-refractivity contribution in [2.75, 3.05) is 13.3 Å². The summed E-state index contributed by atoms with van der Waals surface area (Å²) in [6.07, 6.45) is 5.96. The van der Waals surface area contributed by atoms with Crippen molar-refractivity contribution < 1.29 is 14.3 Å². The summed E-state index contributed by atoms with van der Waals surface area (Å²) in [5, 5.41) is 4.41. The van der Waals surface area contributed by atoms with Crippen molar-refractivity contribution >= 4 is 22.9 Å². The van der Waals surface area contributed by atoms with Gasteiger partial charge in [-0.15, -0.1) is 0 Å². The zero-order chi connectivity index (χ0) is 12.9. The Morgan fingerprint density at radius 1 is 1.37 bits per heavy atom. The number of hydrogen-bond donors (Lipinski definition) is 1. The molecule has 6 heteroatoms. The molecule has 4 aliphatic rings. The maximum Gasteiger partial charge on any atom is 0.349 e. The first-order valence-corrected chi connectivity index (χ1v) is 7.88. The third kappa shape index (κ3) is 1.96. The molecule has 19 heavy (non-hydrogen) atoms. The van der Waals surface area contributed by atoms with Crippen LogP contribution in [0, 0.1) is 11.8 Å². The molecule has 2 heterocycles. The first-order valence-electron chi connectivity index (χ1n) is 7.06. The van der Waals surface area contributed by atoms with E-state index in [1.54, 1.807) is 0 Å². The van der Waals surface area contributed by atoms with Crippen LogP contribution in [0.4, 0.5) is 0 Å². The van der Waals surface area contributed by atoms with Crippen LogP contribution in [0.25, 0.3) is 0 Å². The van der Waals surface area contributed by atoms with Crippen molar-refractivity contribution in [2.24, 2.45) is 16.8 Å². The molecule has 2 saturated carbocycles. The molecule has 1 N–H and O–H groups in total. The number of thioether (sulfide) groups is 1. The number of nitrogens with zero attached hydrogens (tertiary/aromatic N) is 1. The van der Waals surface area contributed by atoms with E-state index in [1.165, 1.54) is 37.4 Å². The number of cyclic esters (lactones) is 1. The van der Waals surface area contributed by atoms with E-state index in [4.69, 9.17) is 9.47 Å². The van der Waals surface area contributed by atoms with Crippen LogP contribution in [0.5, 0.6) is 0 Å². The number of carbonyl (C=O) groups excluding carboxylic acids is 1. The fourth-order valence-electron chi connectivity index (χ4n) is 3.78. The highest BCUT2D eigenvalue weighted by atomic mass is 32.2. The molecule has 0 amide bonds. The van der Waals surface area contributed by atoms with E-state index in [0.717, 1.165) is 17.0 Å². The number of carbonyl (C=O) groups is 1. The molecule has 3 fully saturated rings. The first-order chi connectivity index (χ1) is 9.25. The molecule has 5 nitrogen and oxygen atoms in total. The lowest BCUT2D eigenvalue weighted by molar-refractivity contribution is -0.149. The Hall–Kier alpha value is -0.750. The minimum atomic E-state index is -0.832. The number of rotatable bonds is 1. The van der Waals surface area contributed by atoms with Gasteiger partial charge in [0.1, 0.15) is 6.73 Å². The molecule has 104 valence electrons. The molecular formula is C13H18N2O3S. The van der Waals surface area contributed by atoms with Gasteiger partial charge in [-0.3, -0.25) is 0 Å². The fourth-order valence-corrected chi connectivity index (χ4v) is 4.86. The average Bonchev–Trinajstić information content (AvgIpc) is 3.08. The van der Waals surface area contributed by atoms with Crippen LogP contribution in [-0.4, -0.2) is 35.4 Å². The minimum absolute atomic E-state index is 0.250. The lowest BCUT2D eigenvalue weighted by Crippen LogP contribution is -2.45. The van der Waals surface area contributed by atoms with Gasteiger partial charge in [-0.25, -0.2) is 9.79 Å². The number of fused-ring (bicyclic) bond motifs is 2. The van der Waals surface area contributed by atoms with Crippen LogP contribution in [0.1, 0.15) is 32.1 Å². The summed E-state index contributed by atoms with van der Waals surface area (Å²) in [5.41, 5.74) is 0.